The van der Waals surface area contributed by atoms with Gasteiger partial charge in [0.2, 0.25) is 0 Å². The molecule has 6 aromatic carbocycles. The molecule has 0 spiro atoms. The van der Waals surface area contributed by atoms with Crippen molar-refractivity contribution in [2.24, 2.45) is 0 Å². The summed E-state index contributed by atoms with van der Waals surface area (Å²) in [5.41, 5.74) is 5.88. The number of hydrogen-bond donors (Lipinski definition) is 0. The van der Waals surface area contributed by atoms with Crippen molar-refractivity contribution in [1.29, 1.82) is 0 Å². The molecule has 0 radical (unpaired) electrons. The van der Waals surface area contributed by atoms with Crippen molar-refractivity contribution in [3.05, 3.63) is 138 Å². The van der Waals surface area contributed by atoms with Crippen molar-refractivity contribution in [2.75, 3.05) is 4.90 Å². The highest BCUT2D eigenvalue weighted by Crippen LogP contribution is 2.43. The minimum absolute atomic E-state index is 1.09. The predicted molar refractivity (Wildman–Crippen MR) is 180 cm³/mol. The van der Waals surface area contributed by atoms with E-state index in [1.807, 2.05) is 22.7 Å². The number of fused-ring (bicyclic) bond motifs is 6. The molecule has 0 bridgehead atoms. The highest BCUT2D eigenvalue weighted by molar-refractivity contribution is 9.10. The van der Waals surface area contributed by atoms with E-state index < -0.39 is 0 Å². The first-order chi connectivity index (χ1) is 19.7. The zero-order valence-electron chi connectivity index (χ0n) is 21.3. The Morgan fingerprint density at radius 3 is 1.35 bits per heavy atom. The van der Waals surface area contributed by atoms with Crippen LogP contribution < -0.4 is 4.90 Å². The van der Waals surface area contributed by atoms with Gasteiger partial charge >= 0.3 is 0 Å². The average molecular weight is 613 g/mol. The third-order valence-electron chi connectivity index (χ3n) is 7.54. The van der Waals surface area contributed by atoms with Crippen LogP contribution in [0.25, 0.3) is 51.5 Å². The van der Waals surface area contributed by atoms with Crippen molar-refractivity contribution < 1.29 is 0 Å². The summed E-state index contributed by atoms with van der Waals surface area (Å²) >= 11 is 7.27. The number of benzene rings is 6. The maximum absolute atomic E-state index is 3.55. The van der Waals surface area contributed by atoms with Crippen LogP contribution >= 0.6 is 38.6 Å². The molecule has 0 saturated carbocycles. The maximum Gasteiger partial charge on any atom is 0.0476 e. The van der Waals surface area contributed by atoms with E-state index in [1.54, 1.807) is 0 Å². The van der Waals surface area contributed by atoms with E-state index in [0.717, 1.165) is 21.5 Å². The van der Waals surface area contributed by atoms with Gasteiger partial charge in [-0.1, -0.05) is 88.7 Å². The largest absolute Gasteiger partial charge is 0.310 e. The first-order valence-corrected chi connectivity index (χ1v) is 15.6. The molecule has 2 aromatic heterocycles. The van der Waals surface area contributed by atoms with E-state index in [0.29, 0.717) is 0 Å². The number of anilines is 3. The summed E-state index contributed by atoms with van der Waals surface area (Å²) < 4.78 is 6.35. The van der Waals surface area contributed by atoms with Gasteiger partial charge in [-0.05, 0) is 71.8 Å². The van der Waals surface area contributed by atoms with Gasteiger partial charge in [-0.3, -0.25) is 0 Å². The molecule has 190 valence electrons. The number of thiophene rings is 2. The fourth-order valence-corrected chi connectivity index (χ4v) is 8.14. The van der Waals surface area contributed by atoms with Gasteiger partial charge in [-0.25, -0.2) is 0 Å². The van der Waals surface area contributed by atoms with Gasteiger partial charge in [0.25, 0.3) is 0 Å². The van der Waals surface area contributed by atoms with Crippen LogP contribution in [0.4, 0.5) is 17.1 Å². The molecule has 0 atom stereocenters. The van der Waals surface area contributed by atoms with Gasteiger partial charge in [-0.2, -0.15) is 0 Å². The molecule has 8 rings (SSSR count). The maximum atomic E-state index is 3.55. The molecule has 0 N–H and O–H groups in total. The van der Waals surface area contributed by atoms with Gasteiger partial charge in [0.15, 0.2) is 0 Å². The zero-order valence-corrected chi connectivity index (χ0v) is 24.6. The molecule has 8 aromatic rings. The van der Waals surface area contributed by atoms with Crippen molar-refractivity contribution >= 4 is 96.0 Å². The zero-order chi connectivity index (χ0) is 26.6. The van der Waals surface area contributed by atoms with Crippen molar-refractivity contribution in [1.82, 2.24) is 0 Å². The SMILES string of the molecule is Brc1ccc(-c2ccc(N(c3ccc4c(c3)sc3ccccc34)c3ccc4c(c3)sc3ccccc34)cc2)cc1. The van der Waals surface area contributed by atoms with Crippen LogP contribution in [0, 0.1) is 0 Å². The summed E-state index contributed by atoms with van der Waals surface area (Å²) in [6, 6.07) is 48.6. The molecular weight excluding hydrogens is 590 g/mol. The van der Waals surface area contributed by atoms with Gasteiger partial charge in [0.05, 0.1) is 0 Å². The summed E-state index contributed by atoms with van der Waals surface area (Å²) in [7, 11) is 0. The van der Waals surface area contributed by atoms with E-state index in [4.69, 9.17) is 0 Å². The second-order valence-corrected chi connectivity index (χ2v) is 13.0. The second kappa shape index (κ2) is 9.60. The number of halogens is 1. The molecule has 0 saturated heterocycles. The van der Waals surface area contributed by atoms with Crippen LogP contribution in [-0.4, -0.2) is 0 Å². The van der Waals surface area contributed by atoms with Crippen LogP contribution in [0.15, 0.2) is 138 Å². The average Bonchev–Trinajstić information content (AvgIpc) is 3.56. The summed E-state index contributed by atoms with van der Waals surface area (Å²) in [5, 5.41) is 5.28. The van der Waals surface area contributed by atoms with Crippen LogP contribution in [0.1, 0.15) is 0 Å². The lowest BCUT2D eigenvalue weighted by Gasteiger charge is -2.26. The lowest BCUT2D eigenvalue weighted by Crippen LogP contribution is -2.09. The molecule has 0 aliphatic rings. The third-order valence-corrected chi connectivity index (χ3v) is 10.3. The van der Waals surface area contributed by atoms with Gasteiger partial charge in [0.1, 0.15) is 0 Å². The Morgan fingerprint density at radius 2 is 0.825 bits per heavy atom. The Labute approximate surface area is 248 Å². The van der Waals surface area contributed by atoms with E-state index in [2.05, 4.69) is 154 Å². The molecule has 0 aliphatic carbocycles. The summed E-state index contributed by atoms with van der Waals surface area (Å²) in [5.74, 6) is 0. The third kappa shape index (κ3) is 4.03. The highest BCUT2D eigenvalue weighted by Gasteiger charge is 2.16. The fraction of sp³-hybridized carbons (Fsp3) is 0. The smallest absolute Gasteiger partial charge is 0.0476 e. The molecule has 4 heteroatoms. The standard InChI is InChI=1S/C36H22BrNS2/c37-25-13-9-23(10-14-25)24-11-15-26(16-12-24)38(27-17-19-31-29-5-1-3-7-33(29)39-35(31)21-27)28-18-20-32-30-6-2-4-8-34(30)40-36(32)22-28/h1-22H. The van der Waals surface area contributed by atoms with Crippen LogP contribution in [0.5, 0.6) is 0 Å². The molecule has 0 amide bonds. The first-order valence-electron chi connectivity index (χ1n) is 13.2. The minimum Gasteiger partial charge on any atom is -0.310 e. The van der Waals surface area contributed by atoms with E-state index in [-0.39, 0.29) is 0 Å². The highest BCUT2D eigenvalue weighted by atomic mass is 79.9. The summed E-state index contributed by atoms with van der Waals surface area (Å²) in [6.07, 6.45) is 0. The van der Waals surface area contributed by atoms with E-state index in [9.17, 15) is 0 Å². The molecule has 0 aliphatic heterocycles. The Balaban J connectivity index is 1.29. The first kappa shape index (κ1) is 23.9. The lowest BCUT2D eigenvalue weighted by molar-refractivity contribution is 1.30. The van der Waals surface area contributed by atoms with Gasteiger partial charge in [0, 0.05) is 61.9 Å². The minimum atomic E-state index is 1.09. The second-order valence-electron chi connectivity index (χ2n) is 9.95. The van der Waals surface area contributed by atoms with Crippen molar-refractivity contribution in [2.45, 2.75) is 0 Å². The quantitative estimate of drug-likeness (QED) is 0.191. The Bertz CT molecular complexity index is 2060. The Morgan fingerprint density at radius 1 is 0.400 bits per heavy atom. The monoisotopic (exact) mass is 611 g/mol. The number of nitrogens with zero attached hydrogens (tertiary/aromatic N) is 1. The number of hydrogen-bond acceptors (Lipinski definition) is 3. The molecule has 40 heavy (non-hydrogen) atoms. The summed E-state index contributed by atoms with van der Waals surface area (Å²) in [6.45, 7) is 0. The van der Waals surface area contributed by atoms with Gasteiger partial charge < -0.3 is 4.90 Å². The fourth-order valence-electron chi connectivity index (χ4n) is 5.60. The molecule has 0 fully saturated rings. The van der Waals surface area contributed by atoms with Crippen molar-refractivity contribution in [3.8, 4) is 11.1 Å². The topological polar surface area (TPSA) is 3.24 Å². The normalized spacial score (nSPS) is 11.6. The Hall–Kier alpha value is -3.96. The van der Waals surface area contributed by atoms with Gasteiger partial charge in [-0.15, -0.1) is 22.7 Å². The Kier molecular flexibility index (Phi) is 5.73. The van der Waals surface area contributed by atoms with Crippen LogP contribution in [0.2, 0.25) is 0 Å². The molecule has 1 nitrogen and oxygen atoms in total. The summed E-state index contributed by atoms with van der Waals surface area (Å²) in [4.78, 5) is 2.39. The predicted octanol–water partition coefficient (Wildman–Crippen LogP) is 12.3. The molecule has 2 heterocycles. The van der Waals surface area contributed by atoms with Crippen LogP contribution in [0.3, 0.4) is 0 Å². The van der Waals surface area contributed by atoms with E-state index >= 15 is 0 Å². The number of rotatable bonds is 4. The van der Waals surface area contributed by atoms with Crippen molar-refractivity contribution in [3.63, 3.8) is 0 Å². The van der Waals surface area contributed by atoms with E-state index in [1.165, 1.54) is 51.5 Å². The van der Waals surface area contributed by atoms with Crippen LogP contribution in [-0.2, 0) is 0 Å². The molecular formula is C36H22BrNS2. The lowest BCUT2D eigenvalue weighted by atomic mass is 10.0. The molecule has 0 unspecified atom stereocenters.